The summed E-state index contributed by atoms with van der Waals surface area (Å²) in [7, 11) is 1.86. The highest BCUT2D eigenvalue weighted by molar-refractivity contribution is 14.0. The van der Waals surface area contributed by atoms with Gasteiger partial charge >= 0.3 is 0 Å². The van der Waals surface area contributed by atoms with Crippen molar-refractivity contribution in [2.24, 2.45) is 4.99 Å². The summed E-state index contributed by atoms with van der Waals surface area (Å²) in [6.45, 7) is 5.91. The monoisotopic (exact) mass is 436 g/mol. The molecule has 130 valence electrons. The Labute approximate surface area is 154 Å². The number of amides is 1. The molecule has 0 fully saturated rings. The van der Waals surface area contributed by atoms with Crippen molar-refractivity contribution >= 4 is 35.8 Å². The van der Waals surface area contributed by atoms with Gasteiger partial charge in [-0.15, -0.1) is 24.0 Å². The van der Waals surface area contributed by atoms with E-state index in [-0.39, 0.29) is 42.2 Å². The minimum Gasteiger partial charge on any atom is -0.357 e. The average Bonchev–Trinajstić information content (AvgIpc) is 2.49. The summed E-state index contributed by atoms with van der Waals surface area (Å²) in [5.41, 5.74) is 0.850. The van der Waals surface area contributed by atoms with E-state index >= 15 is 0 Å². The number of nitrogens with one attached hydrogen (secondary N) is 2. The van der Waals surface area contributed by atoms with Crippen molar-refractivity contribution in [3.05, 3.63) is 35.6 Å². The maximum absolute atomic E-state index is 13.2. The molecule has 0 atom stereocenters. The van der Waals surface area contributed by atoms with Crippen LogP contribution in [-0.4, -0.2) is 43.4 Å². The second-order valence-corrected chi connectivity index (χ2v) is 5.01. The highest BCUT2D eigenvalue weighted by Gasteiger charge is 2.08. The van der Waals surface area contributed by atoms with E-state index in [2.05, 4.69) is 15.6 Å². The van der Waals surface area contributed by atoms with E-state index in [0.717, 1.165) is 12.0 Å². The lowest BCUT2D eigenvalue weighted by Gasteiger charge is -2.22. The smallest absolute Gasteiger partial charge is 0.241 e. The van der Waals surface area contributed by atoms with Crippen LogP contribution in [0.5, 0.6) is 0 Å². The van der Waals surface area contributed by atoms with Crippen molar-refractivity contribution in [2.75, 3.05) is 26.7 Å². The molecule has 1 aromatic carbocycles. The van der Waals surface area contributed by atoms with Crippen LogP contribution in [0.3, 0.4) is 0 Å². The van der Waals surface area contributed by atoms with Gasteiger partial charge in [0.15, 0.2) is 5.96 Å². The first kappa shape index (κ1) is 21.6. The molecule has 0 aliphatic rings. The topological polar surface area (TPSA) is 56.7 Å². The fourth-order valence-corrected chi connectivity index (χ4v) is 1.92. The third-order valence-corrected chi connectivity index (χ3v) is 2.95. The van der Waals surface area contributed by atoms with Gasteiger partial charge in [0.1, 0.15) is 12.4 Å². The fraction of sp³-hybridized carbons (Fsp3) is 0.500. The van der Waals surface area contributed by atoms with E-state index < -0.39 is 0 Å². The summed E-state index contributed by atoms with van der Waals surface area (Å²) in [6.07, 6.45) is 0.898. The lowest BCUT2D eigenvalue weighted by atomic mass is 10.2. The van der Waals surface area contributed by atoms with Gasteiger partial charge in [-0.2, -0.15) is 0 Å². The molecule has 1 aromatic rings. The van der Waals surface area contributed by atoms with Crippen LogP contribution >= 0.6 is 24.0 Å². The number of hydrogen-bond acceptors (Lipinski definition) is 2. The maximum atomic E-state index is 13.2. The van der Waals surface area contributed by atoms with Crippen LogP contribution < -0.4 is 10.6 Å². The lowest BCUT2D eigenvalue weighted by molar-refractivity contribution is -0.119. The first-order valence-electron chi connectivity index (χ1n) is 7.57. The normalized spacial score (nSPS) is 10.7. The van der Waals surface area contributed by atoms with Gasteiger partial charge < -0.3 is 15.5 Å². The van der Waals surface area contributed by atoms with Crippen molar-refractivity contribution in [1.29, 1.82) is 0 Å². The minimum atomic E-state index is -0.258. The van der Waals surface area contributed by atoms with Crippen LogP contribution in [0.25, 0.3) is 0 Å². The van der Waals surface area contributed by atoms with E-state index in [1.807, 2.05) is 31.9 Å². The molecule has 7 heteroatoms. The molecule has 0 heterocycles. The molecule has 0 aliphatic carbocycles. The van der Waals surface area contributed by atoms with Gasteiger partial charge in [0.25, 0.3) is 0 Å². The Morgan fingerprint density at radius 1 is 1.30 bits per heavy atom. The molecule has 1 amide bonds. The number of rotatable bonds is 7. The molecule has 0 unspecified atom stereocenters. The molecule has 0 spiro atoms. The van der Waals surface area contributed by atoms with E-state index in [1.54, 1.807) is 6.07 Å². The molecule has 0 bridgehead atoms. The Hall–Kier alpha value is -1.38. The van der Waals surface area contributed by atoms with Gasteiger partial charge in [-0.25, -0.2) is 9.38 Å². The quantitative estimate of drug-likeness (QED) is 0.392. The first-order valence-corrected chi connectivity index (χ1v) is 7.57. The van der Waals surface area contributed by atoms with Crippen LogP contribution in [0.2, 0.25) is 0 Å². The maximum Gasteiger partial charge on any atom is 0.241 e. The summed E-state index contributed by atoms with van der Waals surface area (Å²) in [6, 6.07) is 6.45. The second-order valence-electron chi connectivity index (χ2n) is 5.01. The molecule has 0 radical (unpaired) electrons. The summed E-state index contributed by atoms with van der Waals surface area (Å²) in [5.74, 6) is 0.265. The molecule has 0 saturated heterocycles. The van der Waals surface area contributed by atoms with Crippen molar-refractivity contribution in [2.45, 2.75) is 26.8 Å². The second kappa shape index (κ2) is 12.1. The number of benzene rings is 1. The molecular weight excluding hydrogens is 410 g/mol. The van der Waals surface area contributed by atoms with E-state index in [9.17, 15) is 9.18 Å². The number of hydrogen-bond donors (Lipinski definition) is 2. The lowest BCUT2D eigenvalue weighted by Crippen LogP contribution is -2.39. The predicted molar refractivity (Wildman–Crippen MR) is 103 cm³/mol. The molecule has 1 rings (SSSR count). The number of nitrogens with zero attached hydrogens (tertiary/aromatic N) is 2. The SMILES string of the molecule is CCCNC(=O)CN=C(NCC)N(C)Cc1cccc(F)c1.I. The van der Waals surface area contributed by atoms with Crippen LogP contribution in [0.15, 0.2) is 29.3 Å². The van der Waals surface area contributed by atoms with E-state index in [4.69, 9.17) is 0 Å². The molecule has 5 nitrogen and oxygen atoms in total. The summed E-state index contributed by atoms with van der Waals surface area (Å²) < 4.78 is 13.2. The molecule has 0 aromatic heterocycles. The first-order chi connectivity index (χ1) is 10.6. The van der Waals surface area contributed by atoms with Crippen LogP contribution in [-0.2, 0) is 11.3 Å². The molecule has 2 N–H and O–H groups in total. The Kier molecular flexibility index (Phi) is 11.4. The molecular formula is C16H26FIN4O. The fourth-order valence-electron chi connectivity index (χ4n) is 1.92. The minimum absolute atomic E-state index is 0. The van der Waals surface area contributed by atoms with Crippen LogP contribution in [0, 0.1) is 5.82 Å². The van der Waals surface area contributed by atoms with Crippen LogP contribution in [0.1, 0.15) is 25.8 Å². The number of carbonyl (C=O) groups is 1. The standard InChI is InChI=1S/C16H25FN4O.HI/c1-4-9-19-15(22)11-20-16(18-5-2)21(3)12-13-7-6-8-14(17)10-13;/h6-8,10H,4-5,9,11-12H2,1-3H3,(H,18,20)(H,19,22);1H. The average molecular weight is 436 g/mol. The highest BCUT2D eigenvalue weighted by Crippen LogP contribution is 2.06. The predicted octanol–water partition coefficient (Wildman–Crippen LogP) is 2.37. The Balaban J connectivity index is 0.00000484. The zero-order valence-electron chi connectivity index (χ0n) is 13.9. The van der Waals surface area contributed by atoms with Gasteiger partial charge in [-0.1, -0.05) is 19.1 Å². The Morgan fingerprint density at radius 3 is 2.65 bits per heavy atom. The van der Waals surface area contributed by atoms with Crippen molar-refractivity contribution in [3.8, 4) is 0 Å². The number of carbonyl (C=O) groups excluding carboxylic acids is 1. The summed E-state index contributed by atoms with van der Waals surface area (Å²) in [5, 5.41) is 5.91. The summed E-state index contributed by atoms with van der Waals surface area (Å²) in [4.78, 5) is 17.8. The third kappa shape index (κ3) is 8.73. The highest BCUT2D eigenvalue weighted by atomic mass is 127. The van der Waals surface area contributed by atoms with Crippen LogP contribution in [0.4, 0.5) is 4.39 Å². The van der Waals surface area contributed by atoms with Crippen molar-refractivity contribution < 1.29 is 9.18 Å². The Morgan fingerprint density at radius 2 is 2.04 bits per heavy atom. The van der Waals surface area contributed by atoms with Gasteiger partial charge in [0.2, 0.25) is 5.91 Å². The molecule has 23 heavy (non-hydrogen) atoms. The van der Waals surface area contributed by atoms with Gasteiger partial charge in [0, 0.05) is 26.7 Å². The molecule has 0 aliphatic heterocycles. The third-order valence-electron chi connectivity index (χ3n) is 2.95. The van der Waals surface area contributed by atoms with Crippen molar-refractivity contribution in [1.82, 2.24) is 15.5 Å². The van der Waals surface area contributed by atoms with Gasteiger partial charge in [0.05, 0.1) is 0 Å². The van der Waals surface area contributed by atoms with Crippen molar-refractivity contribution in [3.63, 3.8) is 0 Å². The largest absolute Gasteiger partial charge is 0.357 e. The van der Waals surface area contributed by atoms with E-state index in [0.29, 0.717) is 25.6 Å². The number of halogens is 2. The zero-order valence-corrected chi connectivity index (χ0v) is 16.3. The molecule has 0 saturated carbocycles. The number of guanidine groups is 1. The van der Waals surface area contributed by atoms with Gasteiger partial charge in [-0.3, -0.25) is 4.79 Å². The van der Waals surface area contributed by atoms with Gasteiger partial charge in [-0.05, 0) is 31.0 Å². The number of aliphatic imine (C=N–C) groups is 1. The Bertz CT molecular complexity index is 511. The zero-order chi connectivity index (χ0) is 16.4. The van der Waals surface area contributed by atoms with E-state index in [1.165, 1.54) is 12.1 Å². The summed E-state index contributed by atoms with van der Waals surface area (Å²) >= 11 is 0.